The number of carbonyl (C=O) groups is 5. The summed E-state index contributed by atoms with van der Waals surface area (Å²) in [6, 6.07) is -1.14. The highest BCUT2D eigenvalue weighted by Crippen LogP contribution is 2.38. The van der Waals surface area contributed by atoms with Crippen LogP contribution >= 0.6 is 0 Å². The lowest BCUT2D eigenvalue weighted by Crippen LogP contribution is -2.61. The van der Waals surface area contributed by atoms with Crippen LogP contribution in [0.3, 0.4) is 0 Å². The number of amides is 1. The van der Waals surface area contributed by atoms with Gasteiger partial charge in [0.2, 0.25) is 5.79 Å². The van der Waals surface area contributed by atoms with Crippen molar-refractivity contribution < 1.29 is 63.0 Å². The molecule has 1 amide bonds. The minimum Gasteiger partial charge on any atom is -0.460 e. The predicted molar refractivity (Wildman–Crippen MR) is 245 cm³/mol. The third kappa shape index (κ3) is 14.3. The molecule has 65 heavy (non-hydrogen) atoms. The number of cyclic esters (lactones) is 1. The van der Waals surface area contributed by atoms with Crippen LogP contribution in [0, 0.1) is 35.5 Å². The van der Waals surface area contributed by atoms with Crippen LogP contribution in [-0.4, -0.2) is 132 Å². The molecule has 1 saturated carbocycles. The first-order valence-electron chi connectivity index (χ1n) is 23.9. The fourth-order valence-corrected chi connectivity index (χ4v) is 10.1. The molecular weight excluding hydrogens is 835 g/mol. The molecular formula is C51H79NO13. The molecule has 3 N–H and O–H groups in total. The molecule has 1 aliphatic carbocycles. The number of esters is 1. The summed E-state index contributed by atoms with van der Waals surface area (Å²) in [5, 5.41) is 33.8. The van der Waals surface area contributed by atoms with E-state index in [0.717, 1.165) is 12.0 Å². The van der Waals surface area contributed by atoms with E-state index >= 15 is 0 Å². The van der Waals surface area contributed by atoms with Gasteiger partial charge in [0.1, 0.15) is 30.1 Å². The molecule has 3 heterocycles. The monoisotopic (exact) mass is 914 g/mol. The quantitative estimate of drug-likeness (QED) is 0.156. The van der Waals surface area contributed by atoms with Crippen LogP contribution in [0.4, 0.5) is 0 Å². The van der Waals surface area contributed by atoms with E-state index in [1.807, 2.05) is 58.1 Å². The molecule has 0 aromatic rings. The molecule has 2 saturated heterocycles. The summed E-state index contributed by atoms with van der Waals surface area (Å²) in [5.41, 5.74) is 1.27. The SMILES string of the molecule is COC1CC2CCC(C)C(O)(O2)C(=O)C(=O)N2CCCCC2C(=O)OC(C(C)CC2CCC(O)C(OC)C2)CC(=O)C(C)/C=C(/C)C(O)C(OC)C(=O)C(C)CC(C)C=C/C=C\C=C/1C. The lowest BCUT2D eigenvalue weighted by molar-refractivity contribution is -0.265. The molecule has 3 aliphatic heterocycles. The van der Waals surface area contributed by atoms with Crippen LogP contribution in [0.15, 0.2) is 47.6 Å². The van der Waals surface area contributed by atoms with Crippen molar-refractivity contribution in [3.05, 3.63) is 47.6 Å². The molecule has 366 valence electrons. The zero-order valence-corrected chi connectivity index (χ0v) is 40.6. The van der Waals surface area contributed by atoms with Crippen LogP contribution in [0.5, 0.6) is 0 Å². The molecule has 2 bridgehead atoms. The number of rotatable bonds is 6. The Morgan fingerprint density at radius 2 is 1.57 bits per heavy atom. The van der Waals surface area contributed by atoms with Gasteiger partial charge in [0, 0.05) is 58.5 Å². The van der Waals surface area contributed by atoms with E-state index < -0.39 is 83.9 Å². The van der Waals surface area contributed by atoms with Crippen LogP contribution in [-0.2, 0) is 47.7 Å². The first-order chi connectivity index (χ1) is 30.7. The van der Waals surface area contributed by atoms with Gasteiger partial charge >= 0.3 is 5.97 Å². The van der Waals surface area contributed by atoms with Gasteiger partial charge in [0.15, 0.2) is 5.78 Å². The summed E-state index contributed by atoms with van der Waals surface area (Å²) in [4.78, 5) is 71.8. The highest BCUT2D eigenvalue weighted by atomic mass is 16.6. The zero-order valence-electron chi connectivity index (χ0n) is 40.6. The maximum Gasteiger partial charge on any atom is 0.329 e. The van der Waals surface area contributed by atoms with Crippen molar-refractivity contribution in [3.63, 3.8) is 0 Å². The number of methoxy groups -OCH3 is 3. The number of fused-ring (bicyclic) bond motifs is 3. The van der Waals surface area contributed by atoms with E-state index in [0.29, 0.717) is 63.4 Å². The number of nitrogens with zero attached hydrogens (tertiary/aromatic N) is 1. The van der Waals surface area contributed by atoms with Crippen molar-refractivity contribution in [3.8, 4) is 0 Å². The Bertz CT molecular complexity index is 1760. The Hall–Kier alpha value is -3.37. The van der Waals surface area contributed by atoms with E-state index in [-0.39, 0.29) is 54.8 Å². The van der Waals surface area contributed by atoms with Crippen molar-refractivity contribution in [1.82, 2.24) is 4.90 Å². The van der Waals surface area contributed by atoms with Crippen molar-refractivity contribution in [2.45, 2.75) is 180 Å². The first-order valence-corrected chi connectivity index (χ1v) is 23.9. The average Bonchev–Trinajstić information content (AvgIpc) is 3.28. The summed E-state index contributed by atoms with van der Waals surface area (Å²) >= 11 is 0. The fraction of sp³-hybridized carbons (Fsp3) is 0.745. The van der Waals surface area contributed by atoms with Gasteiger partial charge in [-0.3, -0.25) is 19.2 Å². The molecule has 0 spiro atoms. The molecule has 3 fully saturated rings. The Kier molecular flexibility index (Phi) is 21.0. The smallest absolute Gasteiger partial charge is 0.329 e. The lowest BCUT2D eigenvalue weighted by atomic mass is 9.78. The second-order valence-electron chi connectivity index (χ2n) is 19.6. The van der Waals surface area contributed by atoms with E-state index in [1.165, 1.54) is 12.0 Å². The normalized spacial score (nSPS) is 39.9. The topological polar surface area (TPSA) is 195 Å². The highest BCUT2D eigenvalue weighted by molar-refractivity contribution is 6.39. The van der Waals surface area contributed by atoms with Crippen LogP contribution in [0.2, 0.25) is 0 Å². The Morgan fingerprint density at radius 1 is 0.846 bits per heavy atom. The summed E-state index contributed by atoms with van der Waals surface area (Å²) < 4.78 is 29.4. The Labute approximate surface area is 387 Å². The van der Waals surface area contributed by atoms with Gasteiger partial charge in [0.25, 0.3) is 11.7 Å². The minimum atomic E-state index is -2.43. The number of ketones is 3. The van der Waals surface area contributed by atoms with E-state index in [2.05, 4.69) is 0 Å². The molecule has 4 rings (SSSR count). The van der Waals surface area contributed by atoms with Gasteiger partial charge in [-0.15, -0.1) is 0 Å². The number of ether oxygens (including phenoxy) is 5. The molecule has 0 radical (unpaired) electrons. The Balaban J connectivity index is 1.70. The average molecular weight is 914 g/mol. The molecule has 14 heteroatoms. The number of aliphatic hydroxyl groups is 3. The van der Waals surface area contributed by atoms with Crippen molar-refractivity contribution in [1.29, 1.82) is 0 Å². The third-order valence-electron chi connectivity index (χ3n) is 14.5. The molecule has 15 unspecified atom stereocenters. The number of Topliss-reactive ketones (excluding diaryl/α,β-unsaturated/α-hetero) is 3. The lowest BCUT2D eigenvalue weighted by Gasteiger charge is -2.42. The maximum absolute atomic E-state index is 14.4. The van der Waals surface area contributed by atoms with Gasteiger partial charge in [0.05, 0.1) is 24.4 Å². The second kappa shape index (κ2) is 25.1. The molecule has 0 aromatic carbocycles. The number of allylic oxidation sites excluding steroid dienone is 6. The molecule has 4 aliphatic rings. The largest absolute Gasteiger partial charge is 0.460 e. The first kappa shape index (κ1) is 54.2. The van der Waals surface area contributed by atoms with Crippen LogP contribution in [0.1, 0.15) is 126 Å². The Morgan fingerprint density at radius 3 is 2.25 bits per heavy atom. The predicted octanol–water partition coefficient (Wildman–Crippen LogP) is 6.18. The summed E-state index contributed by atoms with van der Waals surface area (Å²) in [6.45, 7) is 12.7. The fourth-order valence-electron chi connectivity index (χ4n) is 10.1. The van der Waals surface area contributed by atoms with Crippen LogP contribution in [0.25, 0.3) is 0 Å². The van der Waals surface area contributed by atoms with E-state index in [1.54, 1.807) is 41.1 Å². The summed E-state index contributed by atoms with van der Waals surface area (Å²) in [6.07, 6.45) is 11.2. The van der Waals surface area contributed by atoms with Gasteiger partial charge in [-0.1, -0.05) is 71.1 Å². The maximum atomic E-state index is 14.4. The summed E-state index contributed by atoms with van der Waals surface area (Å²) in [5.74, 6) is -7.96. The summed E-state index contributed by atoms with van der Waals surface area (Å²) in [7, 11) is 4.52. The van der Waals surface area contributed by atoms with Crippen molar-refractivity contribution in [2.75, 3.05) is 27.9 Å². The molecule has 14 nitrogen and oxygen atoms in total. The van der Waals surface area contributed by atoms with E-state index in [4.69, 9.17) is 23.7 Å². The zero-order chi connectivity index (χ0) is 48.2. The standard InChI is InChI=1S/C51H79NO13/c1-30-16-12-11-13-17-31(2)42(61-8)28-38-21-19-36(7)51(60,65-38)48(57)49(58)52-23-15-14-18-39(52)50(59)64-43(33(4)26-37-20-22-40(53)44(27-37)62-9)29-41(54)32(3)25-35(6)46(56)47(63-10)45(55)34(5)24-30/h11-13,16-17,25,30,32-34,36-40,42-44,46-47,53,56,60H,14-15,18-24,26-29H2,1-10H3/b13-11-,16-12?,31-17-,35-25-. The van der Waals surface area contributed by atoms with E-state index in [9.17, 15) is 39.3 Å². The number of hydrogen-bond acceptors (Lipinski definition) is 13. The van der Waals surface area contributed by atoms with Gasteiger partial charge in [-0.25, -0.2) is 4.79 Å². The second-order valence-corrected chi connectivity index (χ2v) is 19.6. The molecule has 0 aromatic heterocycles. The van der Waals surface area contributed by atoms with Crippen molar-refractivity contribution >= 4 is 29.2 Å². The third-order valence-corrected chi connectivity index (χ3v) is 14.5. The number of piperidine rings is 1. The minimum absolute atomic E-state index is 0.0193. The number of hydrogen-bond donors (Lipinski definition) is 3. The van der Waals surface area contributed by atoms with Gasteiger partial charge in [-0.2, -0.15) is 0 Å². The van der Waals surface area contributed by atoms with Gasteiger partial charge < -0.3 is 43.9 Å². The van der Waals surface area contributed by atoms with Crippen molar-refractivity contribution in [2.24, 2.45) is 35.5 Å². The molecule has 15 atom stereocenters. The van der Waals surface area contributed by atoms with Crippen LogP contribution < -0.4 is 0 Å². The number of aliphatic hydroxyl groups excluding tert-OH is 2. The van der Waals surface area contributed by atoms with Gasteiger partial charge in [-0.05, 0) is 107 Å². The highest BCUT2D eigenvalue weighted by Gasteiger charge is 2.53. The number of carbonyl (C=O) groups excluding carboxylic acids is 5.